The van der Waals surface area contributed by atoms with Gasteiger partial charge in [-0.1, -0.05) is 0 Å². The fraction of sp³-hybridized carbons (Fsp3) is 1.00. The summed E-state index contributed by atoms with van der Waals surface area (Å²) in [6.07, 6.45) is 0.808. The maximum Gasteiger partial charge on any atom is 0.158 e. The van der Waals surface area contributed by atoms with E-state index in [9.17, 15) is 0 Å². The molecule has 13 heavy (non-hydrogen) atoms. The molecule has 0 radical (unpaired) electrons. The van der Waals surface area contributed by atoms with Crippen molar-refractivity contribution in [1.29, 1.82) is 0 Å². The fourth-order valence-electron chi connectivity index (χ4n) is 0.993. The van der Waals surface area contributed by atoms with Crippen molar-refractivity contribution >= 4 is 0 Å². The molecule has 0 heterocycles. The van der Waals surface area contributed by atoms with Crippen molar-refractivity contribution in [3.8, 4) is 0 Å². The second-order valence-electron chi connectivity index (χ2n) is 2.93. The van der Waals surface area contributed by atoms with Gasteiger partial charge in [0.25, 0.3) is 0 Å². The van der Waals surface area contributed by atoms with E-state index in [0.29, 0.717) is 13.2 Å². The van der Waals surface area contributed by atoms with Crippen molar-refractivity contribution in [2.24, 2.45) is 0 Å². The number of rotatable bonds is 8. The van der Waals surface area contributed by atoms with E-state index in [4.69, 9.17) is 9.47 Å². The van der Waals surface area contributed by atoms with Crippen LogP contribution in [0.25, 0.3) is 0 Å². The highest BCUT2D eigenvalue weighted by atomic mass is 16.7. The Kier molecular flexibility index (Phi) is 8.33. The molecule has 0 aromatic heterocycles. The van der Waals surface area contributed by atoms with Crippen LogP contribution in [-0.2, 0) is 9.47 Å². The van der Waals surface area contributed by atoms with Crippen LogP contribution in [0.5, 0.6) is 0 Å². The molecule has 0 aliphatic carbocycles. The van der Waals surface area contributed by atoms with Gasteiger partial charge in [0.05, 0.1) is 0 Å². The van der Waals surface area contributed by atoms with Crippen LogP contribution in [0, 0.1) is 0 Å². The van der Waals surface area contributed by atoms with Gasteiger partial charge in [0.2, 0.25) is 0 Å². The van der Waals surface area contributed by atoms with Crippen molar-refractivity contribution in [2.75, 3.05) is 33.9 Å². The standard InChI is InChI=1S/C9H22N2O2/c1-5-12-9(13-6-2)7-8-10-11(3)4/h9-10H,5-8H2,1-4H3. The highest BCUT2D eigenvalue weighted by molar-refractivity contribution is 4.47. The molecule has 0 aromatic rings. The number of hydrogen-bond donors (Lipinski definition) is 1. The average Bonchev–Trinajstić information content (AvgIpc) is 2.04. The third kappa shape index (κ3) is 8.18. The highest BCUT2D eigenvalue weighted by Crippen LogP contribution is 1.99. The van der Waals surface area contributed by atoms with E-state index in [1.54, 1.807) is 0 Å². The first-order valence-corrected chi connectivity index (χ1v) is 4.84. The fourth-order valence-corrected chi connectivity index (χ4v) is 0.993. The predicted octanol–water partition coefficient (Wildman–Crippen LogP) is 0.842. The summed E-state index contributed by atoms with van der Waals surface area (Å²) in [5.41, 5.74) is 3.17. The molecule has 4 heteroatoms. The Labute approximate surface area is 81.2 Å². The Balaban J connectivity index is 3.44. The van der Waals surface area contributed by atoms with Crippen molar-refractivity contribution < 1.29 is 9.47 Å². The van der Waals surface area contributed by atoms with E-state index in [2.05, 4.69) is 5.43 Å². The Morgan fingerprint density at radius 3 is 2.08 bits per heavy atom. The van der Waals surface area contributed by atoms with Gasteiger partial charge in [0, 0.05) is 40.3 Å². The zero-order chi connectivity index (χ0) is 10.1. The molecule has 1 N–H and O–H groups in total. The molecule has 0 saturated carbocycles. The zero-order valence-electron chi connectivity index (χ0n) is 9.17. The number of nitrogens with one attached hydrogen (secondary N) is 1. The quantitative estimate of drug-likeness (QED) is 0.454. The SMILES string of the molecule is CCOC(CCNN(C)C)OCC. The van der Waals surface area contributed by atoms with E-state index in [1.807, 2.05) is 33.0 Å². The Bertz CT molecular complexity index is 104. The average molecular weight is 190 g/mol. The topological polar surface area (TPSA) is 33.7 Å². The smallest absolute Gasteiger partial charge is 0.158 e. The lowest BCUT2D eigenvalue weighted by molar-refractivity contribution is -0.139. The lowest BCUT2D eigenvalue weighted by Gasteiger charge is -2.18. The zero-order valence-corrected chi connectivity index (χ0v) is 9.17. The Morgan fingerprint density at radius 1 is 1.15 bits per heavy atom. The van der Waals surface area contributed by atoms with Gasteiger partial charge in [0.15, 0.2) is 6.29 Å². The van der Waals surface area contributed by atoms with Crippen LogP contribution in [0.1, 0.15) is 20.3 Å². The molecule has 0 amide bonds. The summed E-state index contributed by atoms with van der Waals surface area (Å²) in [6, 6.07) is 0. The molecule has 0 aliphatic rings. The second-order valence-corrected chi connectivity index (χ2v) is 2.93. The summed E-state index contributed by atoms with van der Waals surface area (Å²) in [5, 5.41) is 1.93. The predicted molar refractivity (Wildman–Crippen MR) is 53.3 cm³/mol. The summed E-state index contributed by atoms with van der Waals surface area (Å²) in [5.74, 6) is 0. The maximum absolute atomic E-state index is 5.38. The van der Waals surface area contributed by atoms with Crippen molar-refractivity contribution in [3.05, 3.63) is 0 Å². The van der Waals surface area contributed by atoms with Gasteiger partial charge in [-0.05, 0) is 13.8 Å². The minimum Gasteiger partial charge on any atom is -0.353 e. The van der Waals surface area contributed by atoms with E-state index in [-0.39, 0.29) is 6.29 Å². The van der Waals surface area contributed by atoms with Crippen LogP contribution in [-0.4, -0.2) is 45.2 Å². The molecule has 0 spiro atoms. The van der Waals surface area contributed by atoms with Crippen molar-refractivity contribution in [1.82, 2.24) is 10.4 Å². The van der Waals surface area contributed by atoms with Gasteiger partial charge in [-0.15, -0.1) is 0 Å². The van der Waals surface area contributed by atoms with Crippen LogP contribution in [0.4, 0.5) is 0 Å². The molecule has 0 aromatic carbocycles. The van der Waals surface area contributed by atoms with Gasteiger partial charge < -0.3 is 9.47 Å². The molecule has 0 rings (SSSR count). The van der Waals surface area contributed by atoms with Crippen LogP contribution in [0.2, 0.25) is 0 Å². The first kappa shape index (κ1) is 12.8. The second kappa shape index (κ2) is 8.44. The third-order valence-electron chi connectivity index (χ3n) is 1.51. The molecule has 0 fully saturated rings. The number of hydrogen-bond acceptors (Lipinski definition) is 4. The highest BCUT2D eigenvalue weighted by Gasteiger charge is 2.06. The number of ether oxygens (including phenoxy) is 2. The van der Waals surface area contributed by atoms with Gasteiger partial charge in [-0.25, -0.2) is 0 Å². The molecule has 0 unspecified atom stereocenters. The van der Waals surface area contributed by atoms with E-state index >= 15 is 0 Å². The van der Waals surface area contributed by atoms with Gasteiger partial charge >= 0.3 is 0 Å². The van der Waals surface area contributed by atoms with Crippen LogP contribution in [0.3, 0.4) is 0 Å². The van der Waals surface area contributed by atoms with Crippen LogP contribution in [0.15, 0.2) is 0 Å². The molecular weight excluding hydrogens is 168 g/mol. The largest absolute Gasteiger partial charge is 0.353 e. The molecule has 0 atom stereocenters. The van der Waals surface area contributed by atoms with Crippen LogP contribution >= 0.6 is 0 Å². The summed E-state index contributed by atoms with van der Waals surface area (Å²) in [4.78, 5) is 0. The van der Waals surface area contributed by atoms with E-state index in [0.717, 1.165) is 13.0 Å². The molecule has 0 aliphatic heterocycles. The monoisotopic (exact) mass is 190 g/mol. The molecule has 0 saturated heterocycles. The minimum absolute atomic E-state index is 0.0672. The van der Waals surface area contributed by atoms with Crippen molar-refractivity contribution in [3.63, 3.8) is 0 Å². The molecule has 4 nitrogen and oxygen atoms in total. The van der Waals surface area contributed by atoms with E-state index < -0.39 is 0 Å². The molecule has 80 valence electrons. The third-order valence-corrected chi connectivity index (χ3v) is 1.51. The summed E-state index contributed by atoms with van der Waals surface area (Å²) < 4.78 is 10.8. The summed E-state index contributed by atoms with van der Waals surface area (Å²) >= 11 is 0. The first-order valence-electron chi connectivity index (χ1n) is 4.84. The molecular formula is C9H22N2O2. The maximum atomic E-state index is 5.38. The Morgan fingerprint density at radius 2 is 1.69 bits per heavy atom. The van der Waals surface area contributed by atoms with E-state index in [1.165, 1.54) is 0 Å². The Hall–Kier alpha value is -0.160. The minimum atomic E-state index is -0.0672. The number of hydrazine groups is 1. The molecule has 0 bridgehead atoms. The number of nitrogens with zero attached hydrogens (tertiary/aromatic N) is 1. The first-order chi connectivity index (χ1) is 6.20. The summed E-state index contributed by atoms with van der Waals surface area (Å²) in [6.45, 7) is 6.23. The normalized spacial score (nSPS) is 11.5. The van der Waals surface area contributed by atoms with Crippen LogP contribution < -0.4 is 5.43 Å². The van der Waals surface area contributed by atoms with Gasteiger partial charge in [-0.3, -0.25) is 10.4 Å². The van der Waals surface area contributed by atoms with Gasteiger partial charge in [-0.2, -0.15) is 0 Å². The lowest BCUT2D eigenvalue weighted by atomic mass is 10.4. The van der Waals surface area contributed by atoms with Gasteiger partial charge in [0.1, 0.15) is 0 Å². The lowest BCUT2D eigenvalue weighted by Crippen LogP contribution is -2.33. The van der Waals surface area contributed by atoms with Crippen molar-refractivity contribution in [2.45, 2.75) is 26.6 Å². The summed E-state index contributed by atoms with van der Waals surface area (Å²) in [7, 11) is 3.94.